The minimum Gasteiger partial charge on any atom is -0.481 e. The number of hydrogen-bond acceptors (Lipinski definition) is 2. The van der Waals surface area contributed by atoms with Gasteiger partial charge in [0.05, 0.1) is 19.6 Å². The van der Waals surface area contributed by atoms with Crippen molar-refractivity contribution in [2.75, 3.05) is 0 Å². The molecule has 0 radical (unpaired) electrons. The Labute approximate surface area is 93.8 Å². The maximum Gasteiger partial charge on any atom is 0.308 e. The van der Waals surface area contributed by atoms with Crippen molar-refractivity contribution in [3.8, 4) is 0 Å². The molecule has 0 saturated carbocycles. The number of carbonyl (C=O) groups is 1. The van der Waals surface area contributed by atoms with Gasteiger partial charge in [-0.05, 0) is 26.4 Å². The van der Waals surface area contributed by atoms with Crippen LogP contribution in [-0.2, 0) is 9.22 Å². The summed E-state index contributed by atoms with van der Waals surface area (Å²) in [6, 6.07) is 1.22. The van der Waals surface area contributed by atoms with Crippen LogP contribution in [0, 0.1) is 5.92 Å². The lowest BCUT2D eigenvalue weighted by molar-refractivity contribution is -0.144. The maximum absolute atomic E-state index is 10.9. The van der Waals surface area contributed by atoms with Crippen LogP contribution in [0.4, 0.5) is 0 Å². The van der Waals surface area contributed by atoms with Crippen LogP contribution in [0.3, 0.4) is 0 Å². The molecule has 2 unspecified atom stereocenters. The first-order valence-electron chi connectivity index (χ1n) is 5.58. The van der Waals surface area contributed by atoms with Crippen LogP contribution < -0.4 is 0 Å². The number of rotatable bonds is 2. The van der Waals surface area contributed by atoms with Crippen molar-refractivity contribution in [2.24, 2.45) is 5.92 Å². The van der Waals surface area contributed by atoms with E-state index in [2.05, 4.69) is 26.2 Å². The van der Waals surface area contributed by atoms with Gasteiger partial charge in [0.1, 0.15) is 0 Å². The highest BCUT2D eigenvalue weighted by molar-refractivity contribution is 7.38. The second kappa shape index (κ2) is 4.03. The zero-order valence-corrected chi connectivity index (χ0v) is 12.3. The van der Waals surface area contributed by atoms with E-state index < -0.39 is 21.4 Å². The second-order valence-corrected chi connectivity index (χ2v) is 20.9. The minimum absolute atomic E-state index is 0.0512. The SMILES string of the molecule is CC(C(=O)O)C1CC[Si](C)(C)[Si](C)(C)O1. The molecule has 2 atom stereocenters. The summed E-state index contributed by atoms with van der Waals surface area (Å²) in [7, 11) is -2.83. The predicted molar refractivity (Wildman–Crippen MR) is 66.1 cm³/mol. The highest BCUT2D eigenvalue weighted by Crippen LogP contribution is 2.35. The lowest BCUT2D eigenvalue weighted by Gasteiger charge is -2.46. The van der Waals surface area contributed by atoms with E-state index in [0.29, 0.717) is 0 Å². The average Bonchev–Trinajstić information content (AvgIpc) is 2.08. The van der Waals surface area contributed by atoms with Gasteiger partial charge in [0.25, 0.3) is 0 Å². The molecule has 1 heterocycles. The summed E-state index contributed by atoms with van der Waals surface area (Å²) in [6.07, 6.45) is 0.882. The van der Waals surface area contributed by atoms with Gasteiger partial charge in [-0.3, -0.25) is 4.79 Å². The molecular formula is C10H22O3Si2. The van der Waals surface area contributed by atoms with Gasteiger partial charge in [0.2, 0.25) is 0 Å². The molecule has 1 saturated heterocycles. The van der Waals surface area contributed by atoms with E-state index in [4.69, 9.17) is 9.53 Å². The average molecular weight is 246 g/mol. The molecule has 0 spiro atoms. The molecule has 5 heteroatoms. The molecule has 88 valence electrons. The summed E-state index contributed by atoms with van der Waals surface area (Å²) in [5.74, 6) is -1.09. The molecule has 0 aromatic rings. The Hall–Kier alpha value is -0.136. The number of hydrogen-bond donors (Lipinski definition) is 1. The van der Waals surface area contributed by atoms with Gasteiger partial charge in [0.15, 0.2) is 7.83 Å². The Kier molecular flexibility index (Phi) is 3.47. The van der Waals surface area contributed by atoms with Crippen molar-refractivity contribution < 1.29 is 14.3 Å². The monoisotopic (exact) mass is 246 g/mol. The number of carboxylic acid groups (broad SMARTS) is 1. The molecule has 1 aliphatic rings. The van der Waals surface area contributed by atoms with Gasteiger partial charge in [-0.15, -0.1) is 0 Å². The van der Waals surface area contributed by atoms with Crippen molar-refractivity contribution in [1.29, 1.82) is 0 Å². The number of aliphatic carboxylic acids is 1. The van der Waals surface area contributed by atoms with Gasteiger partial charge in [-0.1, -0.05) is 19.1 Å². The van der Waals surface area contributed by atoms with E-state index in [0.717, 1.165) is 6.42 Å². The van der Waals surface area contributed by atoms with Crippen molar-refractivity contribution in [1.82, 2.24) is 0 Å². The molecule has 0 amide bonds. The Bertz CT molecular complexity index is 263. The van der Waals surface area contributed by atoms with Crippen LogP contribution in [-0.4, -0.2) is 32.6 Å². The second-order valence-electron chi connectivity index (χ2n) is 5.72. The van der Waals surface area contributed by atoms with E-state index in [9.17, 15) is 4.79 Å². The van der Waals surface area contributed by atoms with Gasteiger partial charge < -0.3 is 9.53 Å². The van der Waals surface area contributed by atoms with Crippen LogP contribution in [0.25, 0.3) is 0 Å². The smallest absolute Gasteiger partial charge is 0.308 e. The van der Waals surface area contributed by atoms with Crippen LogP contribution in [0.5, 0.6) is 0 Å². The maximum atomic E-state index is 10.9. The molecule has 0 aromatic heterocycles. The third kappa shape index (κ3) is 2.51. The van der Waals surface area contributed by atoms with Gasteiger partial charge >= 0.3 is 5.97 Å². The molecule has 0 aromatic carbocycles. The highest BCUT2D eigenvalue weighted by atomic mass is 29.3. The number of carboxylic acids is 1. The van der Waals surface area contributed by atoms with Crippen LogP contribution in [0.15, 0.2) is 0 Å². The van der Waals surface area contributed by atoms with Crippen LogP contribution >= 0.6 is 0 Å². The molecule has 0 bridgehead atoms. The molecule has 1 rings (SSSR count). The van der Waals surface area contributed by atoms with Gasteiger partial charge in [-0.25, -0.2) is 0 Å². The Balaban J connectivity index is 2.75. The van der Waals surface area contributed by atoms with Crippen molar-refractivity contribution >= 4 is 21.4 Å². The predicted octanol–water partition coefficient (Wildman–Crippen LogP) is 2.49. The highest BCUT2D eigenvalue weighted by Gasteiger charge is 2.49. The van der Waals surface area contributed by atoms with E-state index in [1.807, 2.05) is 0 Å². The topological polar surface area (TPSA) is 46.5 Å². The summed E-state index contributed by atoms with van der Waals surface area (Å²) in [5.41, 5.74) is 0. The molecular weight excluding hydrogens is 224 g/mol. The first-order chi connectivity index (χ1) is 6.67. The molecule has 0 aliphatic carbocycles. The van der Waals surface area contributed by atoms with Crippen molar-refractivity contribution in [3.05, 3.63) is 0 Å². The molecule has 1 fully saturated rings. The largest absolute Gasteiger partial charge is 0.481 e. The Morgan fingerprint density at radius 1 is 1.40 bits per heavy atom. The van der Waals surface area contributed by atoms with Gasteiger partial charge in [-0.2, -0.15) is 0 Å². The first-order valence-corrected chi connectivity index (χ1v) is 12.7. The van der Waals surface area contributed by atoms with E-state index in [1.165, 1.54) is 6.04 Å². The summed E-state index contributed by atoms with van der Waals surface area (Å²) >= 11 is 0. The Morgan fingerprint density at radius 3 is 2.33 bits per heavy atom. The molecule has 1 N–H and O–H groups in total. The van der Waals surface area contributed by atoms with E-state index >= 15 is 0 Å². The quantitative estimate of drug-likeness (QED) is 0.762. The summed E-state index contributed by atoms with van der Waals surface area (Å²) in [4.78, 5) is 10.9. The summed E-state index contributed by atoms with van der Waals surface area (Å²) in [6.45, 7) is 11.0. The minimum atomic E-state index is -1.61. The fourth-order valence-electron chi connectivity index (χ4n) is 1.91. The standard InChI is InChI=1S/C10H22O3Si2/c1-8(10(11)12)9-6-7-14(2,3)15(4,5)13-9/h8-9H,6-7H2,1-5H3,(H,11,12). The van der Waals surface area contributed by atoms with Crippen LogP contribution in [0.1, 0.15) is 13.3 Å². The third-order valence-electron chi connectivity index (χ3n) is 4.08. The zero-order valence-electron chi connectivity index (χ0n) is 10.3. The summed E-state index contributed by atoms with van der Waals surface area (Å²) < 4.78 is 6.13. The normalized spacial score (nSPS) is 30.9. The summed E-state index contributed by atoms with van der Waals surface area (Å²) in [5, 5.41) is 8.98. The first kappa shape index (κ1) is 12.9. The molecule has 3 nitrogen and oxygen atoms in total. The molecule has 1 aliphatic heterocycles. The van der Waals surface area contributed by atoms with E-state index in [-0.39, 0.29) is 12.0 Å². The van der Waals surface area contributed by atoms with Gasteiger partial charge in [0, 0.05) is 0 Å². The third-order valence-corrected chi connectivity index (χ3v) is 20.6. The lowest BCUT2D eigenvalue weighted by Crippen LogP contribution is -2.62. The fourth-order valence-corrected chi connectivity index (χ4v) is 8.57. The molecule has 15 heavy (non-hydrogen) atoms. The Morgan fingerprint density at radius 2 is 1.93 bits per heavy atom. The van der Waals surface area contributed by atoms with Crippen molar-refractivity contribution in [2.45, 2.75) is 51.7 Å². The zero-order chi connectivity index (χ0) is 11.9. The lowest BCUT2D eigenvalue weighted by atomic mass is 10.0. The fraction of sp³-hybridized carbons (Fsp3) is 0.900. The van der Waals surface area contributed by atoms with Crippen LogP contribution in [0.2, 0.25) is 32.2 Å². The van der Waals surface area contributed by atoms with Crippen molar-refractivity contribution in [3.63, 3.8) is 0 Å². The van der Waals surface area contributed by atoms with E-state index in [1.54, 1.807) is 6.92 Å².